The van der Waals surface area contributed by atoms with Crippen molar-refractivity contribution in [3.05, 3.63) is 82.3 Å². The molecule has 0 aliphatic heterocycles. The third-order valence-electron chi connectivity index (χ3n) is 6.55. The number of hydrogen-bond donors (Lipinski definition) is 0. The maximum atomic E-state index is 12.8. The second-order valence-corrected chi connectivity index (χ2v) is 9.95. The van der Waals surface area contributed by atoms with Crippen LogP contribution in [-0.4, -0.2) is 11.6 Å². The number of carbonyl (C=O) groups excluding carboxylic acids is 2. The molecule has 1 aromatic heterocycles. The van der Waals surface area contributed by atoms with E-state index in [1.165, 1.54) is 28.5 Å². The molecule has 1 aromatic carbocycles. The van der Waals surface area contributed by atoms with Crippen molar-refractivity contribution in [2.24, 2.45) is 5.92 Å². The molecule has 2 aromatic rings. The summed E-state index contributed by atoms with van der Waals surface area (Å²) in [7, 11) is 0. The van der Waals surface area contributed by atoms with E-state index in [1.54, 1.807) is 12.1 Å². The van der Waals surface area contributed by atoms with Crippen LogP contribution >= 0.6 is 0 Å². The molecule has 0 bridgehead atoms. The Labute approximate surface area is 192 Å². The molecule has 3 heteroatoms. The Morgan fingerprint density at radius 3 is 2.28 bits per heavy atom. The van der Waals surface area contributed by atoms with Crippen LogP contribution in [-0.2, 0) is 16.6 Å². The summed E-state index contributed by atoms with van der Waals surface area (Å²) < 4.78 is 5.21. The summed E-state index contributed by atoms with van der Waals surface area (Å²) in [6, 6.07) is 9.97. The molecule has 1 aliphatic carbocycles. The number of allylic oxidation sites excluding steroid dienone is 4. The van der Waals surface area contributed by atoms with Crippen molar-refractivity contribution < 1.29 is 14.0 Å². The van der Waals surface area contributed by atoms with Crippen molar-refractivity contribution in [3.63, 3.8) is 0 Å². The van der Waals surface area contributed by atoms with Gasteiger partial charge in [0.25, 0.3) is 0 Å². The highest BCUT2D eigenvalue weighted by molar-refractivity contribution is 5.93. The molecule has 0 radical (unpaired) electrons. The molecule has 0 fully saturated rings. The first-order chi connectivity index (χ1) is 15.2. The Balaban J connectivity index is 1.52. The number of ketones is 2. The molecule has 170 valence electrons. The Morgan fingerprint density at radius 2 is 1.69 bits per heavy atom. The fourth-order valence-corrected chi connectivity index (χ4v) is 4.46. The van der Waals surface area contributed by atoms with Gasteiger partial charge in [0.05, 0.1) is 6.26 Å². The smallest absolute Gasteiger partial charge is 0.198 e. The lowest BCUT2D eigenvalue weighted by atomic mass is 9.84. The van der Waals surface area contributed by atoms with Gasteiger partial charge >= 0.3 is 0 Å². The molecule has 0 saturated carbocycles. The zero-order valence-electron chi connectivity index (χ0n) is 20.2. The predicted molar refractivity (Wildman–Crippen MR) is 130 cm³/mol. The van der Waals surface area contributed by atoms with Crippen LogP contribution in [0.5, 0.6) is 0 Å². The average molecular weight is 433 g/mol. The molecule has 0 amide bonds. The standard InChI is InChI=1S/C29H36O3/c1-6-26-21(10-11-22(26)13-16-27(31)28-8-7-17-32-28)12-15-25(30)19-23-18-24(29(3,4)5)14-9-20(23)2/h7-11,14,17-18,26H,6,12-13,15-16,19H2,1-5H3. The number of benzene rings is 1. The van der Waals surface area contributed by atoms with E-state index in [2.05, 4.69) is 65.0 Å². The highest BCUT2D eigenvalue weighted by Crippen LogP contribution is 2.35. The van der Waals surface area contributed by atoms with Crippen molar-refractivity contribution >= 4 is 11.6 Å². The molecule has 0 saturated heterocycles. The third kappa shape index (κ3) is 5.97. The summed E-state index contributed by atoms with van der Waals surface area (Å²) in [4.78, 5) is 25.1. The average Bonchev–Trinajstić information content (AvgIpc) is 3.41. The Bertz CT molecular complexity index is 1010. The van der Waals surface area contributed by atoms with Gasteiger partial charge in [0, 0.05) is 25.2 Å². The van der Waals surface area contributed by atoms with Crippen LogP contribution in [0.2, 0.25) is 0 Å². The van der Waals surface area contributed by atoms with E-state index in [-0.39, 0.29) is 17.0 Å². The first-order valence-corrected chi connectivity index (χ1v) is 11.8. The quantitative estimate of drug-likeness (QED) is 0.369. The minimum absolute atomic E-state index is 0.0437. The molecule has 1 atom stereocenters. The summed E-state index contributed by atoms with van der Waals surface area (Å²) in [6.45, 7) is 10.9. The van der Waals surface area contributed by atoms with Gasteiger partial charge in [0.15, 0.2) is 11.5 Å². The highest BCUT2D eigenvalue weighted by Gasteiger charge is 2.23. The third-order valence-corrected chi connectivity index (χ3v) is 6.55. The van der Waals surface area contributed by atoms with Crippen molar-refractivity contribution in [1.29, 1.82) is 0 Å². The number of carbonyl (C=O) groups is 2. The summed E-state index contributed by atoms with van der Waals surface area (Å²) in [5.41, 5.74) is 6.29. The van der Waals surface area contributed by atoms with Gasteiger partial charge in [0.1, 0.15) is 5.78 Å². The van der Waals surface area contributed by atoms with Crippen LogP contribution in [0.4, 0.5) is 0 Å². The van der Waals surface area contributed by atoms with E-state index in [4.69, 9.17) is 4.42 Å². The molecule has 1 aliphatic rings. The molecular formula is C29H36O3. The Hall–Kier alpha value is -2.68. The number of rotatable bonds is 10. The Morgan fingerprint density at radius 1 is 1.00 bits per heavy atom. The van der Waals surface area contributed by atoms with Gasteiger partial charge in [-0.05, 0) is 60.4 Å². The number of furan rings is 1. The number of hydrogen-bond acceptors (Lipinski definition) is 3. The van der Waals surface area contributed by atoms with Crippen LogP contribution in [0.1, 0.15) is 87.0 Å². The van der Waals surface area contributed by atoms with Gasteiger partial charge in [-0.15, -0.1) is 0 Å². The van der Waals surface area contributed by atoms with Crippen molar-refractivity contribution in [3.8, 4) is 0 Å². The van der Waals surface area contributed by atoms with Gasteiger partial charge in [-0.25, -0.2) is 0 Å². The molecule has 0 N–H and O–H groups in total. The van der Waals surface area contributed by atoms with E-state index < -0.39 is 0 Å². The van der Waals surface area contributed by atoms with E-state index >= 15 is 0 Å². The second kappa shape index (κ2) is 10.3. The van der Waals surface area contributed by atoms with E-state index in [0.29, 0.717) is 30.9 Å². The lowest BCUT2D eigenvalue weighted by Crippen LogP contribution is -2.13. The maximum Gasteiger partial charge on any atom is 0.198 e. The lowest BCUT2D eigenvalue weighted by Gasteiger charge is -2.21. The van der Waals surface area contributed by atoms with Gasteiger partial charge in [0.2, 0.25) is 0 Å². The zero-order valence-corrected chi connectivity index (χ0v) is 20.2. The van der Waals surface area contributed by atoms with Crippen molar-refractivity contribution in [2.75, 3.05) is 0 Å². The normalized spacial score (nSPS) is 16.1. The topological polar surface area (TPSA) is 47.3 Å². The number of Topliss-reactive ketones (excluding diaryl/α,β-unsaturated/α-hetero) is 2. The van der Waals surface area contributed by atoms with E-state index in [0.717, 1.165) is 24.8 Å². The van der Waals surface area contributed by atoms with E-state index in [1.807, 2.05) is 0 Å². The van der Waals surface area contributed by atoms with Crippen LogP contribution in [0.3, 0.4) is 0 Å². The van der Waals surface area contributed by atoms with Crippen molar-refractivity contribution in [2.45, 2.75) is 78.6 Å². The van der Waals surface area contributed by atoms with Gasteiger partial charge in [-0.3, -0.25) is 9.59 Å². The predicted octanol–water partition coefficient (Wildman–Crippen LogP) is 7.33. The summed E-state index contributed by atoms with van der Waals surface area (Å²) in [5.74, 6) is 1.11. The van der Waals surface area contributed by atoms with Crippen LogP contribution in [0.15, 0.2) is 64.3 Å². The minimum Gasteiger partial charge on any atom is -0.461 e. The highest BCUT2D eigenvalue weighted by atomic mass is 16.3. The summed E-state index contributed by atoms with van der Waals surface area (Å²) in [5, 5.41) is 0. The second-order valence-electron chi connectivity index (χ2n) is 9.95. The molecule has 32 heavy (non-hydrogen) atoms. The van der Waals surface area contributed by atoms with Gasteiger partial charge in [-0.2, -0.15) is 0 Å². The zero-order chi connectivity index (χ0) is 23.3. The first-order valence-electron chi connectivity index (χ1n) is 11.8. The lowest BCUT2D eigenvalue weighted by molar-refractivity contribution is -0.118. The Kier molecular flexibility index (Phi) is 7.71. The fourth-order valence-electron chi connectivity index (χ4n) is 4.46. The SMILES string of the molecule is CCC1C(CCC(=O)Cc2cc(C(C)(C)C)ccc2C)=CC=C1CCC(=O)c1ccco1. The van der Waals surface area contributed by atoms with Crippen LogP contribution in [0, 0.1) is 12.8 Å². The van der Waals surface area contributed by atoms with Crippen LogP contribution in [0.25, 0.3) is 0 Å². The summed E-state index contributed by atoms with van der Waals surface area (Å²) >= 11 is 0. The van der Waals surface area contributed by atoms with Gasteiger partial charge < -0.3 is 4.42 Å². The molecule has 0 spiro atoms. The van der Waals surface area contributed by atoms with Crippen LogP contribution < -0.4 is 0 Å². The molecule has 1 unspecified atom stereocenters. The minimum atomic E-state index is 0.0437. The largest absolute Gasteiger partial charge is 0.461 e. The summed E-state index contributed by atoms with van der Waals surface area (Å²) in [6.07, 6.45) is 9.90. The monoisotopic (exact) mass is 432 g/mol. The van der Waals surface area contributed by atoms with E-state index in [9.17, 15) is 9.59 Å². The van der Waals surface area contributed by atoms with Crippen molar-refractivity contribution in [1.82, 2.24) is 0 Å². The van der Waals surface area contributed by atoms with Gasteiger partial charge in [-0.1, -0.05) is 69.2 Å². The first kappa shape index (κ1) is 24.0. The molecule has 3 rings (SSSR count). The maximum absolute atomic E-state index is 12.8. The number of aryl methyl sites for hydroxylation is 1. The molecule has 3 nitrogen and oxygen atoms in total. The molecular weight excluding hydrogens is 396 g/mol. The fraction of sp³-hybridized carbons (Fsp3) is 0.448. The molecule has 1 heterocycles.